The molecule has 4 nitrogen and oxygen atoms in total. The van der Waals surface area contributed by atoms with E-state index in [-0.39, 0.29) is 5.41 Å². The van der Waals surface area contributed by atoms with Crippen molar-refractivity contribution < 1.29 is 19.1 Å². The van der Waals surface area contributed by atoms with Crippen molar-refractivity contribution in [2.75, 3.05) is 13.2 Å². The molecule has 28 heavy (non-hydrogen) atoms. The molecule has 0 radical (unpaired) electrons. The van der Waals surface area contributed by atoms with E-state index in [1.54, 1.807) is 12.1 Å². The maximum atomic E-state index is 12.7. The summed E-state index contributed by atoms with van der Waals surface area (Å²) in [6.45, 7) is 11.3. The van der Waals surface area contributed by atoms with Crippen LogP contribution in [0, 0.1) is 0 Å². The smallest absolute Gasteiger partial charge is 0.339 e. The summed E-state index contributed by atoms with van der Waals surface area (Å²) in [6.07, 6.45) is 8.30. The monoisotopic (exact) mass is 390 g/mol. The molecule has 0 amide bonds. The van der Waals surface area contributed by atoms with E-state index in [0.717, 1.165) is 56.9 Å². The third kappa shape index (κ3) is 8.45. The van der Waals surface area contributed by atoms with E-state index in [4.69, 9.17) is 9.47 Å². The van der Waals surface area contributed by atoms with E-state index in [0.29, 0.717) is 24.3 Å². The highest BCUT2D eigenvalue weighted by molar-refractivity contribution is 6.03. The van der Waals surface area contributed by atoms with E-state index in [9.17, 15) is 9.59 Å². The molecule has 0 N–H and O–H groups in total. The molecule has 0 saturated carbocycles. The summed E-state index contributed by atoms with van der Waals surface area (Å²) in [6, 6.07) is 5.37. The summed E-state index contributed by atoms with van der Waals surface area (Å²) in [4.78, 5) is 25.2. The lowest BCUT2D eigenvalue weighted by Gasteiger charge is -2.20. The van der Waals surface area contributed by atoms with Crippen molar-refractivity contribution in [3.8, 4) is 0 Å². The molecule has 0 heterocycles. The van der Waals surface area contributed by atoms with Gasteiger partial charge in [0.05, 0.1) is 24.3 Å². The third-order valence-corrected chi connectivity index (χ3v) is 4.79. The minimum absolute atomic E-state index is 0.126. The van der Waals surface area contributed by atoms with Gasteiger partial charge in [-0.25, -0.2) is 9.59 Å². The molecular formula is C24H38O4. The zero-order valence-electron chi connectivity index (χ0n) is 18.4. The van der Waals surface area contributed by atoms with Gasteiger partial charge in [-0.2, -0.15) is 0 Å². The first-order chi connectivity index (χ1) is 13.3. The normalized spacial score (nSPS) is 11.3. The molecule has 0 aromatic heterocycles. The van der Waals surface area contributed by atoms with Crippen LogP contribution in [0.2, 0.25) is 0 Å². The van der Waals surface area contributed by atoms with E-state index >= 15 is 0 Å². The van der Waals surface area contributed by atoms with Gasteiger partial charge >= 0.3 is 11.9 Å². The Kier molecular flexibility index (Phi) is 10.9. The maximum absolute atomic E-state index is 12.7. The number of esters is 2. The fourth-order valence-corrected chi connectivity index (χ4v) is 2.90. The predicted molar refractivity (Wildman–Crippen MR) is 114 cm³/mol. The molecule has 0 unspecified atom stereocenters. The highest BCUT2D eigenvalue weighted by Gasteiger charge is 2.23. The minimum Gasteiger partial charge on any atom is -0.462 e. The van der Waals surface area contributed by atoms with Crippen LogP contribution in [0.25, 0.3) is 0 Å². The number of benzene rings is 1. The quantitative estimate of drug-likeness (QED) is 0.304. The molecule has 0 bridgehead atoms. The van der Waals surface area contributed by atoms with Crippen molar-refractivity contribution in [3.63, 3.8) is 0 Å². The highest BCUT2D eigenvalue weighted by atomic mass is 16.5. The Bertz CT molecular complexity index is 614. The van der Waals surface area contributed by atoms with Gasteiger partial charge in [0.15, 0.2) is 0 Å². The number of hydrogen-bond donors (Lipinski definition) is 0. The van der Waals surface area contributed by atoms with Crippen LogP contribution in [0.3, 0.4) is 0 Å². The fraction of sp³-hybridized carbons (Fsp3) is 0.667. The molecule has 4 heteroatoms. The molecule has 1 rings (SSSR count). The second-order valence-corrected chi connectivity index (χ2v) is 8.40. The Balaban J connectivity index is 2.86. The van der Waals surface area contributed by atoms with Crippen molar-refractivity contribution in [2.45, 2.75) is 91.4 Å². The molecule has 0 saturated heterocycles. The average molecular weight is 391 g/mol. The van der Waals surface area contributed by atoms with Crippen LogP contribution in [-0.2, 0) is 14.9 Å². The van der Waals surface area contributed by atoms with Crippen LogP contribution in [0.15, 0.2) is 18.2 Å². The van der Waals surface area contributed by atoms with Crippen LogP contribution >= 0.6 is 0 Å². The third-order valence-electron chi connectivity index (χ3n) is 4.79. The molecule has 158 valence electrons. The topological polar surface area (TPSA) is 52.6 Å². The van der Waals surface area contributed by atoms with Crippen LogP contribution < -0.4 is 0 Å². The Morgan fingerprint density at radius 3 is 1.71 bits per heavy atom. The summed E-state index contributed by atoms with van der Waals surface area (Å²) in [5.41, 5.74) is 1.46. The molecule has 0 aliphatic heterocycles. The Hall–Kier alpha value is -1.84. The number of hydrogen-bond acceptors (Lipinski definition) is 4. The lowest BCUT2D eigenvalue weighted by Crippen LogP contribution is -2.18. The van der Waals surface area contributed by atoms with Gasteiger partial charge in [-0.1, -0.05) is 79.2 Å². The van der Waals surface area contributed by atoms with E-state index in [1.807, 2.05) is 6.07 Å². The summed E-state index contributed by atoms with van der Waals surface area (Å²) in [5.74, 6) is -0.893. The van der Waals surface area contributed by atoms with Gasteiger partial charge < -0.3 is 9.47 Å². The van der Waals surface area contributed by atoms with Crippen LogP contribution in [0.4, 0.5) is 0 Å². The van der Waals surface area contributed by atoms with Gasteiger partial charge in [-0.3, -0.25) is 0 Å². The van der Waals surface area contributed by atoms with Gasteiger partial charge in [0, 0.05) is 0 Å². The van der Waals surface area contributed by atoms with E-state index in [1.165, 1.54) is 0 Å². The summed E-state index contributed by atoms with van der Waals surface area (Å²) in [5, 5.41) is 0. The predicted octanol–water partition coefficient (Wildman–Crippen LogP) is 6.46. The Morgan fingerprint density at radius 1 is 0.750 bits per heavy atom. The first kappa shape index (κ1) is 24.2. The first-order valence-corrected chi connectivity index (χ1v) is 10.8. The van der Waals surface area contributed by atoms with Gasteiger partial charge in [0.1, 0.15) is 0 Å². The fourth-order valence-electron chi connectivity index (χ4n) is 2.90. The zero-order valence-corrected chi connectivity index (χ0v) is 18.4. The standard InChI is InChI=1S/C24H38O4/c1-6-8-10-12-16-27-22(25)20-15-14-19(24(3,4)5)18-21(20)23(26)28-17-13-11-9-7-2/h14-15,18H,6-13,16-17H2,1-5H3. The van der Waals surface area contributed by atoms with Crippen LogP contribution in [0.5, 0.6) is 0 Å². The SMILES string of the molecule is CCCCCCOC(=O)c1ccc(C(C)(C)C)cc1C(=O)OCCCCCC. The average Bonchev–Trinajstić information content (AvgIpc) is 2.66. The van der Waals surface area contributed by atoms with Gasteiger partial charge in [0.25, 0.3) is 0 Å². The lowest BCUT2D eigenvalue weighted by molar-refractivity contribution is 0.0450. The van der Waals surface area contributed by atoms with Crippen LogP contribution in [0.1, 0.15) is 112 Å². The van der Waals surface area contributed by atoms with Crippen molar-refractivity contribution >= 4 is 11.9 Å². The molecule has 1 aromatic rings. The number of ether oxygens (including phenoxy) is 2. The lowest BCUT2D eigenvalue weighted by atomic mass is 9.85. The molecule has 0 fully saturated rings. The number of carbonyl (C=O) groups excluding carboxylic acids is 2. The zero-order chi connectivity index (χ0) is 21.0. The van der Waals surface area contributed by atoms with Crippen molar-refractivity contribution in [2.24, 2.45) is 0 Å². The first-order valence-electron chi connectivity index (χ1n) is 10.8. The largest absolute Gasteiger partial charge is 0.462 e. The molecule has 0 spiro atoms. The Labute approximate surface area is 171 Å². The number of carbonyl (C=O) groups is 2. The second-order valence-electron chi connectivity index (χ2n) is 8.40. The molecule has 0 atom stereocenters. The molecule has 0 aliphatic rings. The van der Waals surface area contributed by atoms with E-state index < -0.39 is 11.9 Å². The maximum Gasteiger partial charge on any atom is 0.339 e. The summed E-state index contributed by atoms with van der Waals surface area (Å²) in [7, 11) is 0. The molecule has 1 aromatic carbocycles. The highest BCUT2D eigenvalue weighted by Crippen LogP contribution is 2.25. The van der Waals surface area contributed by atoms with Crippen LogP contribution in [-0.4, -0.2) is 25.2 Å². The van der Waals surface area contributed by atoms with Gasteiger partial charge in [-0.05, 0) is 36.0 Å². The second kappa shape index (κ2) is 12.6. The van der Waals surface area contributed by atoms with Gasteiger partial charge in [-0.15, -0.1) is 0 Å². The molecule has 0 aliphatic carbocycles. The summed E-state index contributed by atoms with van der Waals surface area (Å²) >= 11 is 0. The van der Waals surface area contributed by atoms with Crippen molar-refractivity contribution in [3.05, 3.63) is 34.9 Å². The summed E-state index contributed by atoms with van der Waals surface area (Å²) < 4.78 is 10.8. The Morgan fingerprint density at radius 2 is 1.25 bits per heavy atom. The number of rotatable bonds is 12. The number of unbranched alkanes of at least 4 members (excludes halogenated alkanes) is 6. The minimum atomic E-state index is -0.449. The van der Waals surface area contributed by atoms with E-state index in [2.05, 4.69) is 34.6 Å². The van der Waals surface area contributed by atoms with Gasteiger partial charge in [0.2, 0.25) is 0 Å². The van der Waals surface area contributed by atoms with Crippen molar-refractivity contribution in [1.82, 2.24) is 0 Å². The molecular weight excluding hydrogens is 352 g/mol. The van der Waals surface area contributed by atoms with Crippen molar-refractivity contribution in [1.29, 1.82) is 0 Å².